The van der Waals surface area contributed by atoms with E-state index in [0.29, 0.717) is 19.4 Å². The summed E-state index contributed by atoms with van der Waals surface area (Å²) in [6.45, 7) is 3.50. The Kier molecular flexibility index (Phi) is 8.17. The topological polar surface area (TPSA) is 142 Å². The molecule has 0 aromatic heterocycles. The molecule has 1 saturated heterocycles. The number of likely N-dealkylation sites (tertiary alicyclic amines) is 1. The summed E-state index contributed by atoms with van der Waals surface area (Å²) in [7, 11) is 0. The van der Waals surface area contributed by atoms with E-state index < -0.39 is 41.8 Å². The molecule has 25 heavy (non-hydrogen) atoms. The number of thiol groups is 1. The number of aliphatic carboxylic acids is 1. The van der Waals surface area contributed by atoms with Crippen LogP contribution in [0.25, 0.3) is 0 Å². The second-order valence-electron chi connectivity index (χ2n) is 6.32. The van der Waals surface area contributed by atoms with E-state index in [1.807, 2.05) is 0 Å². The Morgan fingerprint density at radius 1 is 1.32 bits per heavy atom. The number of carbonyl (C=O) groups excluding carboxylic acids is 3. The number of amides is 3. The number of hydrogen-bond donors (Lipinski definition) is 5. The first kappa shape index (κ1) is 21.2. The van der Waals surface area contributed by atoms with Gasteiger partial charge in [0.1, 0.15) is 12.1 Å². The number of hydrogen-bond acceptors (Lipinski definition) is 6. The predicted octanol–water partition coefficient (Wildman–Crippen LogP) is -1.42. The third-order valence-corrected chi connectivity index (χ3v) is 4.45. The summed E-state index contributed by atoms with van der Waals surface area (Å²) in [5.74, 6) is -2.64. The van der Waals surface area contributed by atoms with Crippen LogP contribution < -0.4 is 16.4 Å². The van der Waals surface area contributed by atoms with Gasteiger partial charge in [-0.1, -0.05) is 13.8 Å². The third kappa shape index (κ3) is 5.89. The highest BCUT2D eigenvalue weighted by Crippen LogP contribution is 2.18. The molecule has 0 bridgehead atoms. The molecule has 0 aromatic carbocycles. The van der Waals surface area contributed by atoms with E-state index in [1.54, 1.807) is 13.8 Å². The molecule has 0 saturated carbocycles. The summed E-state index contributed by atoms with van der Waals surface area (Å²) in [6, 6.07) is -2.56. The van der Waals surface area contributed by atoms with Crippen molar-refractivity contribution in [3.8, 4) is 0 Å². The first-order valence-electron chi connectivity index (χ1n) is 8.15. The van der Waals surface area contributed by atoms with Crippen molar-refractivity contribution in [1.29, 1.82) is 0 Å². The van der Waals surface area contributed by atoms with Gasteiger partial charge in [0.15, 0.2) is 0 Å². The molecule has 0 aliphatic carbocycles. The molecule has 0 radical (unpaired) electrons. The van der Waals surface area contributed by atoms with Gasteiger partial charge in [-0.25, -0.2) is 4.79 Å². The summed E-state index contributed by atoms with van der Waals surface area (Å²) in [5, 5.41) is 14.1. The highest BCUT2D eigenvalue weighted by Gasteiger charge is 2.36. The molecule has 1 rings (SSSR count). The van der Waals surface area contributed by atoms with Crippen LogP contribution in [0.15, 0.2) is 0 Å². The minimum Gasteiger partial charge on any atom is -0.480 e. The zero-order valence-electron chi connectivity index (χ0n) is 14.4. The number of carboxylic acid groups (broad SMARTS) is 1. The molecular formula is C15H26N4O5S. The molecule has 10 heteroatoms. The van der Waals surface area contributed by atoms with E-state index in [-0.39, 0.29) is 18.2 Å². The minimum atomic E-state index is -1.12. The van der Waals surface area contributed by atoms with Crippen LogP contribution in [0.3, 0.4) is 0 Å². The highest BCUT2D eigenvalue weighted by atomic mass is 32.1. The normalized spacial score (nSPS) is 19.4. The zero-order chi connectivity index (χ0) is 19.1. The fourth-order valence-corrected chi connectivity index (χ4v) is 2.74. The van der Waals surface area contributed by atoms with Crippen molar-refractivity contribution in [2.24, 2.45) is 11.7 Å². The average molecular weight is 374 g/mol. The van der Waals surface area contributed by atoms with Crippen LogP contribution in [0.5, 0.6) is 0 Å². The van der Waals surface area contributed by atoms with Crippen molar-refractivity contribution >= 4 is 36.3 Å². The van der Waals surface area contributed by atoms with Gasteiger partial charge >= 0.3 is 5.97 Å². The first-order valence-corrected chi connectivity index (χ1v) is 8.79. The molecule has 5 N–H and O–H groups in total. The van der Waals surface area contributed by atoms with Crippen molar-refractivity contribution < 1.29 is 24.3 Å². The van der Waals surface area contributed by atoms with E-state index in [2.05, 4.69) is 23.3 Å². The number of nitrogens with one attached hydrogen (secondary N) is 2. The summed E-state index contributed by atoms with van der Waals surface area (Å²) in [6.07, 6.45) is 1.08. The van der Waals surface area contributed by atoms with Gasteiger partial charge < -0.3 is 26.4 Å². The summed E-state index contributed by atoms with van der Waals surface area (Å²) >= 11 is 3.91. The Morgan fingerprint density at radius 2 is 1.96 bits per heavy atom. The smallest absolute Gasteiger partial charge is 0.326 e. The molecule has 0 spiro atoms. The maximum Gasteiger partial charge on any atom is 0.326 e. The van der Waals surface area contributed by atoms with Gasteiger partial charge in [-0.15, -0.1) is 0 Å². The molecule has 3 amide bonds. The van der Waals surface area contributed by atoms with Crippen LogP contribution >= 0.6 is 12.6 Å². The number of carbonyl (C=O) groups is 4. The van der Waals surface area contributed by atoms with Crippen molar-refractivity contribution in [1.82, 2.24) is 15.5 Å². The Hall–Kier alpha value is -1.81. The van der Waals surface area contributed by atoms with Gasteiger partial charge in [0.2, 0.25) is 17.7 Å². The lowest BCUT2D eigenvalue weighted by molar-refractivity contribution is -0.145. The fraction of sp³-hybridized carbons (Fsp3) is 0.733. The Balaban J connectivity index is 2.65. The highest BCUT2D eigenvalue weighted by molar-refractivity contribution is 7.80. The van der Waals surface area contributed by atoms with E-state index in [1.165, 1.54) is 4.90 Å². The second kappa shape index (κ2) is 9.62. The molecule has 142 valence electrons. The minimum absolute atomic E-state index is 0.153. The van der Waals surface area contributed by atoms with E-state index in [0.717, 1.165) is 0 Å². The average Bonchev–Trinajstić information content (AvgIpc) is 3.05. The quantitative estimate of drug-likeness (QED) is 0.330. The van der Waals surface area contributed by atoms with Gasteiger partial charge in [-0.3, -0.25) is 14.4 Å². The zero-order valence-corrected chi connectivity index (χ0v) is 15.3. The SMILES string of the molecule is CC(C)C(NC(=O)C1CCCN1C(=O)CNC(=O)C(N)CS)C(=O)O. The number of rotatable bonds is 8. The van der Waals surface area contributed by atoms with Crippen LogP contribution in [0.1, 0.15) is 26.7 Å². The molecule has 0 aromatic rings. The van der Waals surface area contributed by atoms with Crippen LogP contribution in [0, 0.1) is 5.92 Å². The summed E-state index contributed by atoms with van der Waals surface area (Å²) in [5.41, 5.74) is 5.51. The van der Waals surface area contributed by atoms with Gasteiger partial charge in [-0.2, -0.15) is 12.6 Å². The largest absolute Gasteiger partial charge is 0.480 e. The molecule has 9 nitrogen and oxygen atoms in total. The lowest BCUT2D eigenvalue weighted by Crippen LogP contribution is -2.54. The Bertz CT molecular complexity index is 528. The first-order chi connectivity index (χ1) is 11.7. The molecule has 3 atom stereocenters. The predicted molar refractivity (Wildman–Crippen MR) is 94.0 cm³/mol. The van der Waals surface area contributed by atoms with Crippen LogP contribution in [-0.2, 0) is 19.2 Å². The van der Waals surface area contributed by atoms with E-state index in [9.17, 15) is 24.3 Å². The van der Waals surface area contributed by atoms with Crippen LogP contribution in [0.2, 0.25) is 0 Å². The van der Waals surface area contributed by atoms with Crippen LogP contribution in [0.4, 0.5) is 0 Å². The molecule has 3 unspecified atom stereocenters. The molecule has 1 heterocycles. The monoisotopic (exact) mass is 374 g/mol. The maximum absolute atomic E-state index is 12.4. The standard InChI is InChI=1S/C15H26N4O5S/c1-8(2)12(15(23)24)18-14(22)10-4-3-5-19(10)11(20)6-17-13(21)9(16)7-25/h8-10,12,25H,3-7,16H2,1-2H3,(H,17,21)(H,18,22)(H,23,24). The number of carboxylic acids is 1. The number of nitrogens with two attached hydrogens (primary N) is 1. The number of nitrogens with zero attached hydrogens (tertiary/aromatic N) is 1. The lowest BCUT2D eigenvalue weighted by Gasteiger charge is -2.26. The van der Waals surface area contributed by atoms with Crippen molar-refractivity contribution in [2.45, 2.75) is 44.8 Å². The molecule has 1 aliphatic heterocycles. The van der Waals surface area contributed by atoms with E-state index in [4.69, 9.17) is 5.73 Å². The maximum atomic E-state index is 12.4. The molecule has 1 fully saturated rings. The lowest BCUT2D eigenvalue weighted by atomic mass is 10.0. The molecular weight excluding hydrogens is 348 g/mol. The molecule has 1 aliphatic rings. The van der Waals surface area contributed by atoms with Crippen LogP contribution in [-0.4, -0.2) is 70.7 Å². The van der Waals surface area contributed by atoms with Gasteiger partial charge in [0, 0.05) is 12.3 Å². The van der Waals surface area contributed by atoms with Gasteiger partial charge in [-0.05, 0) is 18.8 Å². The fourth-order valence-electron chi connectivity index (χ4n) is 2.58. The third-order valence-electron chi connectivity index (χ3n) is 4.05. The Morgan fingerprint density at radius 3 is 2.48 bits per heavy atom. The van der Waals surface area contributed by atoms with Gasteiger partial charge in [0.25, 0.3) is 0 Å². The van der Waals surface area contributed by atoms with E-state index >= 15 is 0 Å². The second-order valence-corrected chi connectivity index (χ2v) is 6.69. The van der Waals surface area contributed by atoms with Gasteiger partial charge in [0.05, 0.1) is 12.6 Å². The Labute approximate surface area is 152 Å². The summed E-state index contributed by atoms with van der Waals surface area (Å²) in [4.78, 5) is 48.9. The summed E-state index contributed by atoms with van der Waals surface area (Å²) < 4.78 is 0. The van der Waals surface area contributed by atoms with Crippen molar-refractivity contribution in [2.75, 3.05) is 18.8 Å². The van der Waals surface area contributed by atoms with Crippen molar-refractivity contribution in [3.63, 3.8) is 0 Å². The van der Waals surface area contributed by atoms with Crippen molar-refractivity contribution in [3.05, 3.63) is 0 Å².